The third-order valence-corrected chi connectivity index (χ3v) is 5.15. The summed E-state index contributed by atoms with van der Waals surface area (Å²) in [7, 11) is 0. The Morgan fingerprint density at radius 2 is 1.86 bits per heavy atom. The molecule has 7 heteroatoms. The molecule has 0 radical (unpaired) electrons. The maximum Gasteiger partial charge on any atom is 0.164 e. The molecule has 2 aromatic heterocycles. The van der Waals surface area contributed by atoms with Crippen molar-refractivity contribution < 1.29 is 18.4 Å². The van der Waals surface area contributed by atoms with Crippen molar-refractivity contribution in [2.24, 2.45) is 0 Å². The number of aryl methyl sites for hydroxylation is 2. The summed E-state index contributed by atoms with van der Waals surface area (Å²) in [5.74, 6) is -1.08. The Morgan fingerprint density at radius 3 is 2.48 bits per heavy atom. The molecule has 0 amide bonds. The van der Waals surface area contributed by atoms with Crippen LogP contribution in [0.25, 0.3) is 5.57 Å². The fourth-order valence-electron chi connectivity index (χ4n) is 3.85. The van der Waals surface area contributed by atoms with E-state index in [1.54, 1.807) is 25.1 Å². The number of hydrogen-bond donors (Lipinski definition) is 1. The lowest BCUT2D eigenvalue weighted by molar-refractivity contribution is 0.109. The van der Waals surface area contributed by atoms with Crippen LogP contribution in [0.4, 0.5) is 8.78 Å². The van der Waals surface area contributed by atoms with E-state index >= 15 is 0 Å². The highest BCUT2D eigenvalue weighted by Crippen LogP contribution is 2.43. The molecule has 1 atom stereocenters. The van der Waals surface area contributed by atoms with Gasteiger partial charge in [-0.3, -0.25) is 0 Å². The molecule has 0 fully saturated rings. The highest BCUT2D eigenvalue weighted by Gasteiger charge is 2.42. The van der Waals surface area contributed by atoms with Crippen molar-refractivity contribution in [2.45, 2.75) is 32.3 Å². The number of allylic oxidation sites excluding steroid dienone is 2. The number of aliphatic hydroxyl groups is 1. The van der Waals surface area contributed by atoms with Crippen molar-refractivity contribution in [1.29, 1.82) is 0 Å². The van der Waals surface area contributed by atoms with E-state index in [0.29, 0.717) is 24.2 Å². The van der Waals surface area contributed by atoms with Crippen molar-refractivity contribution in [2.75, 3.05) is 0 Å². The fourth-order valence-corrected chi connectivity index (χ4v) is 3.85. The van der Waals surface area contributed by atoms with Crippen LogP contribution < -0.4 is 0 Å². The number of hydrogen-bond acceptors (Lipinski definition) is 5. The zero-order valence-corrected chi connectivity index (χ0v) is 16.0. The Hall–Kier alpha value is -3.19. The monoisotopic (exact) mass is 395 g/mol. The first-order valence-corrected chi connectivity index (χ1v) is 9.22. The van der Waals surface area contributed by atoms with Crippen LogP contribution in [0.3, 0.4) is 0 Å². The van der Waals surface area contributed by atoms with E-state index in [1.165, 1.54) is 18.3 Å². The van der Waals surface area contributed by atoms with Gasteiger partial charge in [0.1, 0.15) is 23.1 Å². The van der Waals surface area contributed by atoms with Gasteiger partial charge in [-0.25, -0.2) is 8.78 Å². The summed E-state index contributed by atoms with van der Waals surface area (Å²) >= 11 is 0. The standard InChI is InChI=1S/C22H19F2N3O2/c1-13-20(14(2)29-27-13)15-6-3-7-16(12-15)22(28,19-10-5-11-25-26-19)21-17(23)8-4-9-18(21)24/h4-5,7-12,28H,3,6H2,1-2H3. The molecule has 3 aromatic rings. The molecule has 1 unspecified atom stereocenters. The fraction of sp³-hybridized carbons (Fsp3) is 0.227. The van der Waals surface area contributed by atoms with Gasteiger partial charge in [0.15, 0.2) is 5.60 Å². The van der Waals surface area contributed by atoms with E-state index in [2.05, 4.69) is 15.4 Å². The maximum atomic E-state index is 14.8. The summed E-state index contributed by atoms with van der Waals surface area (Å²) in [6, 6.07) is 6.54. The Labute approximate surface area is 166 Å². The van der Waals surface area contributed by atoms with Crippen molar-refractivity contribution >= 4 is 5.57 Å². The summed E-state index contributed by atoms with van der Waals surface area (Å²) < 4.78 is 34.8. The van der Waals surface area contributed by atoms with Gasteiger partial charge in [-0.15, -0.1) is 0 Å². The van der Waals surface area contributed by atoms with Crippen molar-refractivity contribution in [3.63, 3.8) is 0 Å². The SMILES string of the molecule is Cc1noc(C)c1C1=CC(C(O)(c2cccnn2)c2c(F)cccc2F)=CCC1. The summed E-state index contributed by atoms with van der Waals surface area (Å²) in [5.41, 5.74) is 0.158. The van der Waals surface area contributed by atoms with Crippen LogP contribution in [-0.4, -0.2) is 20.5 Å². The van der Waals surface area contributed by atoms with Crippen LogP contribution in [0.5, 0.6) is 0 Å². The molecule has 2 heterocycles. The molecule has 1 aromatic carbocycles. The molecule has 29 heavy (non-hydrogen) atoms. The smallest absolute Gasteiger partial charge is 0.164 e. The third kappa shape index (κ3) is 3.17. The van der Waals surface area contributed by atoms with E-state index in [4.69, 9.17) is 4.52 Å². The van der Waals surface area contributed by atoms with E-state index < -0.39 is 22.8 Å². The van der Waals surface area contributed by atoms with Crippen molar-refractivity contribution in [3.05, 3.63) is 94.2 Å². The first-order chi connectivity index (χ1) is 13.9. The second-order valence-electron chi connectivity index (χ2n) is 6.98. The lowest BCUT2D eigenvalue weighted by Gasteiger charge is -2.32. The highest BCUT2D eigenvalue weighted by molar-refractivity contribution is 5.73. The van der Waals surface area contributed by atoms with Gasteiger partial charge in [0.05, 0.1) is 11.3 Å². The summed E-state index contributed by atoms with van der Waals surface area (Å²) in [5, 5.41) is 23.5. The molecule has 0 saturated carbocycles. The van der Waals surface area contributed by atoms with Gasteiger partial charge in [-0.1, -0.05) is 23.4 Å². The number of benzene rings is 1. The predicted octanol–water partition coefficient (Wildman–Crippen LogP) is 4.40. The van der Waals surface area contributed by atoms with Gasteiger partial charge in [-0.2, -0.15) is 10.2 Å². The van der Waals surface area contributed by atoms with Crippen LogP contribution in [0.15, 0.2) is 58.8 Å². The summed E-state index contributed by atoms with van der Waals surface area (Å²) in [4.78, 5) is 0. The van der Waals surface area contributed by atoms with E-state index in [0.717, 1.165) is 29.0 Å². The minimum absolute atomic E-state index is 0.0338. The van der Waals surface area contributed by atoms with E-state index in [9.17, 15) is 13.9 Å². The Bertz CT molecular complexity index is 1080. The van der Waals surface area contributed by atoms with Gasteiger partial charge in [-0.05, 0) is 62.1 Å². The highest BCUT2D eigenvalue weighted by atomic mass is 19.1. The first-order valence-electron chi connectivity index (χ1n) is 9.22. The molecule has 0 aliphatic heterocycles. The molecule has 1 aliphatic rings. The van der Waals surface area contributed by atoms with Gasteiger partial charge in [0.2, 0.25) is 0 Å². The van der Waals surface area contributed by atoms with E-state index in [1.807, 2.05) is 6.92 Å². The van der Waals surface area contributed by atoms with Crippen LogP contribution in [0.2, 0.25) is 0 Å². The topological polar surface area (TPSA) is 72.0 Å². The number of rotatable bonds is 4. The normalized spacial score (nSPS) is 16.2. The second-order valence-corrected chi connectivity index (χ2v) is 6.98. The number of aromatic nitrogens is 3. The average molecular weight is 395 g/mol. The third-order valence-electron chi connectivity index (χ3n) is 5.15. The number of nitrogens with zero attached hydrogens (tertiary/aromatic N) is 3. The van der Waals surface area contributed by atoms with E-state index in [-0.39, 0.29) is 5.69 Å². The van der Waals surface area contributed by atoms with Gasteiger partial charge >= 0.3 is 0 Å². The molecule has 4 rings (SSSR count). The van der Waals surface area contributed by atoms with Gasteiger partial charge in [0, 0.05) is 11.8 Å². The van der Waals surface area contributed by atoms with Crippen LogP contribution >= 0.6 is 0 Å². The van der Waals surface area contributed by atoms with Crippen molar-refractivity contribution in [1.82, 2.24) is 15.4 Å². The quantitative estimate of drug-likeness (QED) is 0.709. The molecular formula is C22H19F2N3O2. The Kier molecular flexibility index (Phi) is 4.84. The Balaban J connectivity index is 1.95. The predicted molar refractivity (Wildman–Crippen MR) is 103 cm³/mol. The average Bonchev–Trinajstić information content (AvgIpc) is 3.06. The molecule has 0 bridgehead atoms. The summed E-state index contributed by atoms with van der Waals surface area (Å²) in [6.45, 7) is 3.63. The van der Waals surface area contributed by atoms with Crippen LogP contribution in [-0.2, 0) is 5.60 Å². The lowest BCUT2D eigenvalue weighted by atomic mass is 9.78. The molecular weight excluding hydrogens is 376 g/mol. The first kappa shape index (κ1) is 19.1. The summed E-state index contributed by atoms with van der Waals surface area (Å²) in [6.07, 6.45) is 6.19. The molecule has 0 saturated heterocycles. The second kappa shape index (κ2) is 7.33. The van der Waals surface area contributed by atoms with Gasteiger partial charge < -0.3 is 9.63 Å². The largest absolute Gasteiger partial charge is 0.374 e. The minimum atomic E-state index is -2.14. The van der Waals surface area contributed by atoms with Gasteiger partial charge in [0.25, 0.3) is 0 Å². The Morgan fingerprint density at radius 1 is 1.10 bits per heavy atom. The lowest BCUT2D eigenvalue weighted by Crippen LogP contribution is -2.33. The molecule has 1 aliphatic carbocycles. The minimum Gasteiger partial charge on any atom is -0.374 e. The molecule has 1 N–H and O–H groups in total. The van der Waals surface area contributed by atoms with Crippen LogP contribution in [0.1, 0.15) is 41.1 Å². The zero-order chi connectivity index (χ0) is 20.6. The van der Waals surface area contributed by atoms with Crippen LogP contribution in [0, 0.1) is 25.5 Å². The molecule has 0 spiro atoms. The zero-order valence-electron chi connectivity index (χ0n) is 16.0. The molecule has 148 valence electrons. The molecule has 5 nitrogen and oxygen atoms in total. The van der Waals surface area contributed by atoms with Crippen molar-refractivity contribution in [3.8, 4) is 0 Å². The number of halogens is 2. The maximum absolute atomic E-state index is 14.8.